The van der Waals surface area contributed by atoms with Crippen molar-refractivity contribution in [1.82, 2.24) is 0 Å². The molecule has 0 aliphatic rings. The zero-order valence-corrected chi connectivity index (χ0v) is 8.33. The zero-order valence-electron chi connectivity index (χ0n) is 8.33. The highest BCUT2D eigenvalue weighted by atomic mass is 16.5. The molecule has 0 bridgehead atoms. The van der Waals surface area contributed by atoms with Gasteiger partial charge in [-0.1, -0.05) is 13.0 Å². The SMILES string of the molecule is C=CCCCOCC(C)(CO)CO. The van der Waals surface area contributed by atoms with Crippen LogP contribution in [0.4, 0.5) is 0 Å². The highest BCUT2D eigenvalue weighted by Gasteiger charge is 2.22. The Bertz CT molecular complexity index is 130. The van der Waals surface area contributed by atoms with E-state index in [1.54, 1.807) is 6.92 Å². The lowest BCUT2D eigenvalue weighted by atomic mass is 9.95. The highest BCUT2D eigenvalue weighted by Crippen LogP contribution is 2.14. The molecule has 0 fully saturated rings. The first-order valence-corrected chi connectivity index (χ1v) is 4.59. The Balaban J connectivity index is 3.44. The molecule has 78 valence electrons. The zero-order chi connectivity index (χ0) is 10.2. The van der Waals surface area contributed by atoms with Gasteiger partial charge in [0.15, 0.2) is 0 Å². The summed E-state index contributed by atoms with van der Waals surface area (Å²) in [5, 5.41) is 17.9. The van der Waals surface area contributed by atoms with Crippen LogP contribution in [0, 0.1) is 5.41 Å². The summed E-state index contributed by atoms with van der Waals surface area (Å²) in [5.41, 5.74) is -0.506. The highest BCUT2D eigenvalue weighted by molar-refractivity contribution is 4.71. The fraction of sp³-hybridized carbons (Fsp3) is 0.800. The lowest BCUT2D eigenvalue weighted by Gasteiger charge is -2.23. The van der Waals surface area contributed by atoms with Crippen LogP contribution < -0.4 is 0 Å². The minimum absolute atomic E-state index is 0.0506. The molecular weight excluding hydrogens is 168 g/mol. The molecular formula is C10H20O3. The second-order valence-electron chi connectivity index (χ2n) is 3.61. The van der Waals surface area contributed by atoms with Crippen LogP contribution in [0.1, 0.15) is 19.8 Å². The van der Waals surface area contributed by atoms with Crippen molar-refractivity contribution in [1.29, 1.82) is 0 Å². The van der Waals surface area contributed by atoms with Crippen molar-refractivity contribution in [2.24, 2.45) is 5.41 Å². The van der Waals surface area contributed by atoms with Gasteiger partial charge in [-0.05, 0) is 12.8 Å². The van der Waals surface area contributed by atoms with E-state index >= 15 is 0 Å². The maximum atomic E-state index is 8.93. The lowest BCUT2D eigenvalue weighted by molar-refractivity contribution is -0.0164. The van der Waals surface area contributed by atoms with Crippen LogP contribution in [-0.4, -0.2) is 36.6 Å². The fourth-order valence-corrected chi connectivity index (χ4v) is 0.790. The summed E-state index contributed by atoms with van der Waals surface area (Å²) in [7, 11) is 0. The third-order valence-corrected chi connectivity index (χ3v) is 1.91. The number of ether oxygens (including phenoxy) is 1. The number of rotatable bonds is 8. The van der Waals surface area contributed by atoms with Crippen LogP contribution in [0.25, 0.3) is 0 Å². The molecule has 0 aromatic rings. The van der Waals surface area contributed by atoms with Gasteiger partial charge in [0.1, 0.15) is 0 Å². The molecule has 0 aromatic carbocycles. The van der Waals surface area contributed by atoms with Crippen molar-refractivity contribution in [2.75, 3.05) is 26.4 Å². The van der Waals surface area contributed by atoms with E-state index in [1.165, 1.54) is 0 Å². The average molecular weight is 188 g/mol. The minimum atomic E-state index is -0.506. The summed E-state index contributed by atoms with van der Waals surface area (Å²) >= 11 is 0. The van der Waals surface area contributed by atoms with Crippen LogP contribution in [0.3, 0.4) is 0 Å². The summed E-state index contributed by atoms with van der Waals surface area (Å²) in [6, 6.07) is 0. The molecule has 0 heterocycles. The third-order valence-electron chi connectivity index (χ3n) is 1.91. The molecule has 0 saturated carbocycles. The van der Waals surface area contributed by atoms with Gasteiger partial charge in [0.25, 0.3) is 0 Å². The number of aliphatic hydroxyl groups excluding tert-OH is 2. The molecule has 2 N–H and O–H groups in total. The molecule has 0 rings (SSSR count). The fourth-order valence-electron chi connectivity index (χ4n) is 0.790. The molecule has 0 unspecified atom stereocenters. The van der Waals surface area contributed by atoms with Gasteiger partial charge < -0.3 is 14.9 Å². The third kappa shape index (κ3) is 5.80. The van der Waals surface area contributed by atoms with Gasteiger partial charge in [-0.15, -0.1) is 6.58 Å². The first-order valence-electron chi connectivity index (χ1n) is 4.59. The van der Waals surface area contributed by atoms with E-state index in [0.29, 0.717) is 13.2 Å². The smallest absolute Gasteiger partial charge is 0.0563 e. The van der Waals surface area contributed by atoms with Crippen molar-refractivity contribution in [3.8, 4) is 0 Å². The number of hydrogen-bond donors (Lipinski definition) is 2. The van der Waals surface area contributed by atoms with Gasteiger partial charge in [-0.25, -0.2) is 0 Å². The minimum Gasteiger partial charge on any atom is -0.396 e. The van der Waals surface area contributed by atoms with E-state index in [1.807, 2.05) is 6.08 Å². The van der Waals surface area contributed by atoms with Gasteiger partial charge in [0.05, 0.1) is 19.8 Å². The van der Waals surface area contributed by atoms with Crippen LogP contribution >= 0.6 is 0 Å². The van der Waals surface area contributed by atoms with Crippen LogP contribution in [0.15, 0.2) is 12.7 Å². The first kappa shape index (κ1) is 12.6. The molecule has 13 heavy (non-hydrogen) atoms. The van der Waals surface area contributed by atoms with E-state index in [9.17, 15) is 0 Å². The Morgan fingerprint density at radius 3 is 2.46 bits per heavy atom. The molecule has 0 spiro atoms. The summed E-state index contributed by atoms with van der Waals surface area (Å²) in [6.07, 6.45) is 3.73. The van der Waals surface area contributed by atoms with E-state index in [0.717, 1.165) is 12.8 Å². The molecule has 0 amide bonds. The van der Waals surface area contributed by atoms with Crippen molar-refractivity contribution in [3.05, 3.63) is 12.7 Å². The van der Waals surface area contributed by atoms with E-state index in [4.69, 9.17) is 14.9 Å². The quantitative estimate of drug-likeness (QED) is 0.440. The average Bonchev–Trinajstić information content (AvgIpc) is 2.17. The number of unbranched alkanes of at least 4 members (excludes halogenated alkanes) is 1. The maximum Gasteiger partial charge on any atom is 0.0563 e. The molecule has 3 heteroatoms. The molecule has 0 radical (unpaired) electrons. The van der Waals surface area contributed by atoms with Gasteiger partial charge >= 0.3 is 0 Å². The Morgan fingerprint density at radius 1 is 1.38 bits per heavy atom. The largest absolute Gasteiger partial charge is 0.396 e. The molecule has 0 aliphatic carbocycles. The Labute approximate surface area is 80.0 Å². The first-order chi connectivity index (χ1) is 6.18. The van der Waals surface area contributed by atoms with Crippen molar-refractivity contribution >= 4 is 0 Å². The topological polar surface area (TPSA) is 49.7 Å². The molecule has 0 atom stereocenters. The van der Waals surface area contributed by atoms with Crippen LogP contribution in [-0.2, 0) is 4.74 Å². The number of aliphatic hydroxyl groups is 2. The maximum absolute atomic E-state index is 8.93. The number of allylic oxidation sites excluding steroid dienone is 1. The summed E-state index contributed by atoms with van der Waals surface area (Å²) in [5.74, 6) is 0. The summed E-state index contributed by atoms with van der Waals surface area (Å²) in [4.78, 5) is 0. The van der Waals surface area contributed by atoms with Gasteiger partial charge in [-0.3, -0.25) is 0 Å². The van der Waals surface area contributed by atoms with Crippen molar-refractivity contribution in [2.45, 2.75) is 19.8 Å². The molecule has 3 nitrogen and oxygen atoms in total. The van der Waals surface area contributed by atoms with Gasteiger partial charge in [0.2, 0.25) is 0 Å². The molecule has 0 saturated heterocycles. The summed E-state index contributed by atoms with van der Waals surface area (Å²) < 4.78 is 5.31. The van der Waals surface area contributed by atoms with Gasteiger partial charge in [-0.2, -0.15) is 0 Å². The van der Waals surface area contributed by atoms with Gasteiger partial charge in [0, 0.05) is 12.0 Å². The van der Waals surface area contributed by atoms with E-state index in [-0.39, 0.29) is 13.2 Å². The summed E-state index contributed by atoms with van der Waals surface area (Å²) in [6.45, 7) is 6.35. The molecule has 0 aromatic heterocycles. The lowest BCUT2D eigenvalue weighted by Crippen LogP contribution is -2.31. The number of hydrogen-bond acceptors (Lipinski definition) is 3. The standard InChI is InChI=1S/C10H20O3/c1-3-4-5-6-13-9-10(2,7-11)8-12/h3,11-12H,1,4-9H2,2H3. The van der Waals surface area contributed by atoms with E-state index in [2.05, 4.69) is 6.58 Å². The van der Waals surface area contributed by atoms with Crippen molar-refractivity contribution < 1.29 is 14.9 Å². The van der Waals surface area contributed by atoms with E-state index < -0.39 is 5.41 Å². The Hall–Kier alpha value is -0.380. The normalized spacial score (nSPS) is 11.6. The Kier molecular flexibility index (Phi) is 6.86. The predicted octanol–water partition coefficient (Wildman–Crippen LogP) is 0.960. The molecule has 0 aliphatic heterocycles. The van der Waals surface area contributed by atoms with Crippen molar-refractivity contribution in [3.63, 3.8) is 0 Å². The van der Waals surface area contributed by atoms with Crippen LogP contribution in [0.5, 0.6) is 0 Å². The second-order valence-corrected chi connectivity index (χ2v) is 3.61. The van der Waals surface area contributed by atoms with Crippen LogP contribution in [0.2, 0.25) is 0 Å². The predicted molar refractivity (Wildman–Crippen MR) is 52.5 cm³/mol. The Morgan fingerprint density at radius 2 is 2.00 bits per heavy atom. The second kappa shape index (κ2) is 7.06. The monoisotopic (exact) mass is 188 g/mol.